The molecule has 0 saturated heterocycles. The maximum Gasteiger partial charge on any atom is 0.240 e. The molecule has 2 aromatic carbocycles. The fraction of sp³-hybridized carbons (Fsp3) is 0.100. The summed E-state index contributed by atoms with van der Waals surface area (Å²) < 4.78 is 8.20. The van der Waals surface area contributed by atoms with Crippen LogP contribution in [0.1, 0.15) is 5.76 Å². The van der Waals surface area contributed by atoms with E-state index in [1.807, 2.05) is 59.2 Å². The van der Waals surface area contributed by atoms with Crippen LogP contribution in [0.15, 0.2) is 75.8 Å². The number of rotatable bonds is 5. The molecular weight excluding hydrogens is 394 g/mol. The first-order valence-electron chi connectivity index (χ1n) is 8.21. The van der Waals surface area contributed by atoms with Gasteiger partial charge < -0.3 is 14.3 Å². The predicted octanol–water partition coefficient (Wildman–Crippen LogP) is 4.38. The molecule has 26 heavy (non-hydrogen) atoms. The van der Waals surface area contributed by atoms with Gasteiger partial charge in [-0.2, -0.15) is 0 Å². The summed E-state index contributed by atoms with van der Waals surface area (Å²) in [7, 11) is 0. The van der Waals surface area contributed by atoms with Gasteiger partial charge in [-0.1, -0.05) is 40.2 Å². The van der Waals surface area contributed by atoms with E-state index in [-0.39, 0.29) is 12.5 Å². The van der Waals surface area contributed by atoms with Gasteiger partial charge in [0.15, 0.2) is 0 Å². The number of nitrogens with zero attached hydrogens (tertiary/aromatic N) is 2. The van der Waals surface area contributed by atoms with Crippen molar-refractivity contribution in [1.82, 2.24) is 14.9 Å². The minimum Gasteiger partial charge on any atom is -0.467 e. The second-order valence-corrected chi connectivity index (χ2v) is 6.79. The zero-order valence-corrected chi connectivity index (χ0v) is 15.4. The van der Waals surface area contributed by atoms with Crippen molar-refractivity contribution < 1.29 is 9.21 Å². The summed E-state index contributed by atoms with van der Waals surface area (Å²) in [6, 6.07) is 19.4. The van der Waals surface area contributed by atoms with E-state index in [2.05, 4.69) is 21.2 Å². The third-order valence-electron chi connectivity index (χ3n) is 4.10. The second-order valence-electron chi connectivity index (χ2n) is 5.87. The average molecular weight is 410 g/mol. The molecule has 0 atom stereocenters. The van der Waals surface area contributed by atoms with Crippen LogP contribution in [0.5, 0.6) is 0 Å². The van der Waals surface area contributed by atoms with Crippen molar-refractivity contribution in [3.05, 3.63) is 77.2 Å². The van der Waals surface area contributed by atoms with Gasteiger partial charge in [-0.25, -0.2) is 4.98 Å². The maximum absolute atomic E-state index is 12.5. The van der Waals surface area contributed by atoms with E-state index < -0.39 is 0 Å². The molecular formula is C20H16BrN3O2. The van der Waals surface area contributed by atoms with Crippen molar-refractivity contribution in [2.75, 3.05) is 0 Å². The van der Waals surface area contributed by atoms with Gasteiger partial charge in [0, 0.05) is 10.0 Å². The molecule has 0 radical (unpaired) electrons. The van der Waals surface area contributed by atoms with Crippen LogP contribution in [0.4, 0.5) is 0 Å². The fourth-order valence-electron chi connectivity index (χ4n) is 2.85. The molecule has 1 N–H and O–H groups in total. The topological polar surface area (TPSA) is 60.1 Å². The van der Waals surface area contributed by atoms with Gasteiger partial charge in [-0.05, 0) is 36.4 Å². The van der Waals surface area contributed by atoms with Crippen LogP contribution in [0.25, 0.3) is 22.4 Å². The third kappa shape index (κ3) is 3.41. The standard InChI is InChI=1S/C20H16BrN3O2/c21-15-9-7-14(8-10-15)20-23-17-5-1-2-6-18(17)24(20)13-19(25)22-12-16-4-3-11-26-16/h1-11H,12-13H2,(H,22,25). The summed E-state index contributed by atoms with van der Waals surface area (Å²) in [5, 5.41) is 2.89. The van der Waals surface area contributed by atoms with Crippen LogP contribution in [-0.4, -0.2) is 15.5 Å². The Bertz CT molecular complexity index is 1040. The number of furan rings is 1. The van der Waals surface area contributed by atoms with E-state index in [4.69, 9.17) is 9.40 Å². The number of imidazole rings is 1. The van der Waals surface area contributed by atoms with Crippen molar-refractivity contribution in [3.8, 4) is 11.4 Å². The molecule has 0 unspecified atom stereocenters. The minimum absolute atomic E-state index is 0.0945. The molecule has 4 aromatic rings. The van der Waals surface area contributed by atoms with Crippen molar-refractivity contribution in [3.63, 3.8) is 0 Å². The Balaban J connectivity index is 1.65. The van der Waals surface area contributed by atoms with Crippen LogP contribution in [0.3, 0.4) is 0 Å². The van der Waals surface area contributed by atoms with Crippen LogP contribution in [0, 0.1) is 0 Å². The summed E-state index contributed by atoms with van der Waals surface area (Å²) in [6.45, 7) is 0.554. The molecule has 2 aromatic heterocycles. The molecule has 0 aliphatic rings. The van der Waals surface area contributed by atoms with Crippen LogP contribution in [0.2, 0.25) is 0 Å². The monoisotopic (exact) mass is 409 g/mol. The lowest BCUT2D eigenvalue weighted by molar-refractivity contribution is -0.121. The number of aromatic nitrogens is 2. The Morgan fingerprint density at radius 2 is 1.88 bits per heavy atom. The van der Waals surface area contributed by atoms with Crippen molar-refractivity contribution in [1.29, 1.82) is 0 Å². The van der Waals surface area contributed by atoms with Gasteiger partial charge in [0.2, 0.25) is 5.91 Å². The minimum atomic E-state index is -0.0945. The van der Waals surface area contributed by atoms with Crippen molar-refractivity contribution in [2.24, 2.45) is 0 Å². The lowest BCUT2D eigenvalue weighted by atomic mass is 10.2. The van der Waals surface area contributed by atoms with E-state index in [0.29, 0.717) is 6.54 Å². The van der Waals surface area contributed by atoms with E-state index in [9.17, 15) is 4.79 Å². The highest BCUT2D eigenvalue weighted by Gasteiger charge is 2.15. The molecule has 0 fully saturated rings. The quantitative estimate of drug-likeness (QED) is 0.532. The number of halogens is 1. The third-order valence-corrected chi connectivity index (χ3v) is 4.63. The summed E-state index contributed by atoms with van der Waals surface area (Å²) in [5.41, 5.74) is 2.76. The zero-order chi connectivity index (χ0) is 17.9. The maximum atomic E-state index is 12.5. The van der Waals surface area contributed by atoms with E-state index in [0.717, 1.165) is 32.7 Å². The van der Waals surface area contributed by atoms with Gasteiger partial charge in [0.25, 0.3) is 0 Å². The predicted molar refractivity (Wildman–Crippen MR) is 103 cm³/mol. The lowest BCUT2D eigenvalue weighted by Crippen LogP contribution is -2.27. The Kier molecular flexibility index (Phi) is 4.58. The lowest BCUT2D eigenvalue weighted by Gasteiger charge is -2.10. The number of benzene rings is 2. The molecule has 4 rings (SSSR count). The number of hydrogen-bond acceptors (Lipinski definition) is 3. The molecule has 0 saturated carbocycles. The van der Waals surface area contributed by atoms with Gasteiger partial charge in [-0.15, -0.1) is 0 Å². The number of amides is 1. The SMILES string of the molecule is O=C(Cn1c(-c2ccc(Br)cc2)nc2ccccc21)NCc1ccco1. The Morgan fingerprint density at radius 3 is 2.65 bits per heavy atom. The highest BCUT2D eigenvalue weighted by Crippen LogP contribution is 2.26. The molecule has 5 nitrogen and oxygen atoms in total. The first-order chi connectivity index (χ1) is 12.7. The Morgan fingerprint density at radius 1 is 1.08 bits per heavy atom. The van der Waals surface area contributed by atoms with Gasteiger partial charge in [0.1, 0.15) is 18.1 Å². The molecule has 2 heterocycles. The van der Waals surface area contributed by atoms with Gasteiger partial charge in [0.05, 0.1) is 23.8 Å². The van der Waals surface area contributed by atoms with Gasteiger partial charge in [-0.3, -0.25) is 4.79 Å². The molecule has 0 spiro atoms. The van der Waals surface area contributed by atoms with Crippen LogP contribution in [-0.2, 0) is 17.9 Å². The van der Waals surface area contributed by atoms with Gasteiger partial charge >= 0.3 is 0 Å². The summed E-state index contributed by atoms with van der Waals surface area (Å²) in [4.78, 5) is 17.2. The molecule has 0 bridgehead atoms. The van der Waals surface area contributed by atoms with Crippen LogP contribution < -0.4 is 5.32 Å². The molecule has 0 aliphatic heterocycles. The number of carbonyl (C=O) groups is 1. The zero-order valence-electron chi connectivity index (χ0n) is 13.9. The number of hydrogen-bond donors (Lipinski definition) is 1. The fourth-order valence-corrected chi connectivity index (χ4v) is 3.12. The summed E-state index contributed by atoms with van der Waals surface area (Å²) >= 11 is 3.45. The highest BCUT2D eigenvalue weighted by atomic mass is 79.9. The van der Waals surface area contributed by atoms with E-state index in [1.54, 1.807) is 12.3 Å². The number of carbonyl (C=O) groups excluding carboxylic acids is 1. The summed E-state index contributed by atoms with van der Waals surface area (Å²) in [5.74, 6) is 1.40. The van der Waals surface area contributed by atoms with E-state index in [1.165, 1.54) is 0 Å². The van der Waals surface area contributed by atoms with Crippen molar-refractivity contribution >= 4 is 32.9 Å². The molecule has 1 amide bonds. The molecule has 130 valence electrons. The summed E-state index contributed by atoms with van der Waals surface area (Å²) in [6.07, 6.45) is 1.59. The first-order valence-corrected chi connectivity index (χ1v) is 9.00. The van der Waals surface area contributed by atoms with E-state index >= 15 is 0 Å². The number of nitrogens with one attached hydrogen (secondary N) is 1. The van der Waals surface area contributed by atoms with Crippen LogP contribution >= 0.6 is 15.9 Å². The average Bonchev–Trinajstić information content (AvgIpc) is 3.29. The molecule has 0 aliphatic carbocycles. The Hall–Kier alpha value is -2.86. The second kappa shape index (κ2) is 7.17. The Labute approximate surface area is 158 Å². The molecule has 6 heteroatoms. The highest BCUT2D eigenvalue weighted by molar-refractivity contribution is 9.10. The number of para-hydroxylation sites is 2. The smallest absolute Gasteiger partial charge is 0.240 e. The first kappa shape index (κ1) is 16.6. The normalized spacial score (nSPS) is 11.0. The largest absolute Gasteiger partial charge is 0.467 e. The number of fused-ring (bicyclic) bond motifs is 1. The van der Waals surface area contributed by atoms with Crippen molar-refractivity contribution in [2.45, 2.75) is 13.1 Å².